The van der Waals surface area contributed by atoms with Crippen LogP contribution in [0.5, 0.6) is 0 Å². The van der Waals surface area contributed by atoms with E-state index in [4.69, 9.17) is 5.73 Å². The minimum Gasteiger partial charge on any atom is -0.364 e. The smallest absolute Gasteiger partial charge is 0.267 e. The van der Waals surface area contributed by atoms with E-state index in [0.717, 1.165) is 6.07 Å². The van der Waals surface area contributed by atoms with Gasteiger partial charge in [-0.25, -0.2) is 9.97 Å². The maximum Gasteiger partial charge on any atom is 0.267 e. The second-order valence-corrected chi connectivity index (χ2v) is 2.79. The predicted octanol–water partition coefficient (Wildman–Crippen LogP) is -0.946. The molecule has 0 radical (unpaired) electrons. The number of amides is 1. The highest BCUT2D eigenvalue weighted by Gasteiger charge is 2.06. The second-order valence-electron chi connectivity index (χ2n) is 2.79. The van der Waals surface area contributed by atoms with E-state index in [1.54, 1.807) is 6.20 Å². The van der Waals surface area contributed by atoms with Crippen LogP contribution in [0.4, 0.5) is 0 Å². The lowest BCUT2D eigenvalue weighted by atomic mass is 10.4. The van der Waals surface area contributed by atoms with E-state index < -0.39 is 11.5 Å². The second kappa shape index (κ2) is 3.37. The Hall–Kier alpha value is -2.44. The third kappa shape index (κ3) is 1.75. The van der Waals surface area contributed by atoms with Crippen LogP contribution < -0.4 is 11.3 Å². The Bertz CT molecular complexity index is 542. The van der Waals surface area contributed by atoms with Gasteiger partial charge in [0.25, 0.3) is 11.5 Å². The summed E-state index contributed by atoms with van der Waals surface area (Å²) in [5, 5.41) is 0. The van der Waals surface area contributed by atoms with Gasteiger partial charge in [-0.1, -0.05) is 0 Å². The first-order chi connectivity index (χ1) is 7.16. The van der Waals surface area contributed by atoms with Crippen LogP contribution in [0, 0.1) is 0 Å². The lowest BCUT2D eigenvalue weighted by Gasteiger charge is -2.01. The van der Waals surface area contributed by atoms with Gasteiger partial charge in [0.2, 0.25) is 5.95 Å². The number of aromatic nitrogens is 4. The Kier molecular flexibility index (Phi) is 2.05. The average molecular weight is 205 g/mol. The maximum atomic E-state index is 11.2. The van der Waals surface area contributed by atoms with Gasteiger partial charge in [-0.3, -0.25) is 19.1 Å². The molecule has 7 heteroatoms. The standard InChI is InChI=1S/C8H7N5O2/c9-7(15)5-3-6(14)12-8(11-5)13-2-1-10-4-13/h1-4H,(H2,9,15)(H,11,12,14). The van der Waals surface area contributed by atoms with Crippen LogP contribution in [-0.4, -0.2) is 25.4 Å². The molecule has 1 amide bonds. The molecular weight excluding hydrogens is 198 g/mol. The van der Waals surface area contributed by atoms with Crippen molar-refractivity contribution in [3.63, 3.8) is 0 Å². The van der Waals surface area contributed by atoms with E-state index in [2.05, 4.69) is 15.0 Å². The van der Waals surface area contributed by atoms with Crippen molar-refractivity contribution in [1.29, 1.82) is 0 Å². The Morgan fingerprint density at radius 3 is 2.93 bits per heavy atom. The topological polar surface area (TPSA) is 107 Å². The van der Waals surface area contributed by atoms with Crippen molar-refractivity contribution in [2.75, 3.05) is 0 Å². The zero-order chi connectivity index (χ0) is 10.8. The van der Waals surface area contributed by atoms with E-state index in [1.165, 1.54) is 17.1 Å². The number of imidazole rings is 1. The minimum absolute atomic E-state index is 0.0811. The van der Waals surface area contributed by atoms with Gasteiger partial charge in [-0.2, -0.15) is 0 Å². The first kappa shape index (κ1) is 9.13. The van der Waals surface area contributed by atoms with Crippen LogP contribution >= 0.6 is 0 Å². The van der Waals surface area contributed by atoms with Gasteiger partial charge in [-0.05, 0) is 0 Å². The molecule has 0 aromatic carbocycles. The number of carbonyl (C=O) groups excluding carboxylic acids is 1. The van der Waals surface area contributed by atoms with Crippen LogP contribution in [-0.2, 0) is 0 Å². The van der Waals surface area contributed by atoms with Crippen LogP contribution in [0.2, 0.25) is 0 Å². The lowest BCUT2D eigenvalue weighted by Crippen LogP contribution is -2.20. The maximum absolute atomic E-state index is 11.2. The van der Waals surface area contributed by atoms with Gasteiger partial charge in [0, 0.05) is 18.5 Å². The number of primary amides is 1. The first-order valence-electron chi connectivity index (χ1n) is 4.06. The summed E-state index contributed by atoms with van der Waals surface area (Å²) in [5.41, 5.74) is 4.50. The number of hydrogen-bond acceptors (Lipinski definition) is 4. The molecule has 0 aliphatic carbocycles. The van der Waals surface area contributed by atoms with E-state index in [9.17, 15) is 9.59 Å². The van der Waals surface area contributed by atoms with E-state index in [1.807, 2.05) is 0 Å². The molecule has 2 heterocycles. The fourth-order valence-electron chi connectivity index (χ4n) is 1.08. The molecule has 0 fully saturated rings. The van der Waals surface area contributed by atoms with Crippen molar-refractivity contribution in [2.24, 2.45) is 5.73 Å². The summed E-state index contributed by atoms with van der Waals surface area (Å²) in [6.45, 7) is 0. The molecule has 0 aliphatic heterocycles. The molecule has 15 heavy (non-hydrogen) atoms. The predicted molar refractivity (Wildman–Crippen MR) is 50.5 cm³/mol. The SMILES string of the molecule is NC(=O)c1cc(=O)[nH]c(-n2ccnc2)n1. The molecule has 2 aromatic rings. The van der Waals surface area contributed by atoms with Gasteiger partial charge >= 0.3 is 0 Å². The van der Waals surface area contributed by atoms with Crippen molar-refractivity contribution < 1.29 is 4.79 Å². The fourth-order valence-corrected chi connectivity index (χ4v) is 1.08. The number of H-pyrrole nitrogens is 1. The van der Waals surface area contributed by atoms with Gasteiger partial charge in [0.15, 0.2) is 0 Å². The molecule has 2 aromatic heterocycles. The zero-order valence-electron chi connectivity index (χ0n) is 7.54. The largest absolute Gasteiger partial charge is 0.364 e. The average Bonchev–Trinajstić information content (AvgIpc) is 2.69. The Morgan fingerprint density at radius 2 is 2.33 bits per heavy atom. The van der Waals surface area contributed by atoms with Crippen molar-refractivity contribution >= 4 is 5.91 Å². The summed E-state index contributed by atoms with van der Waals surface area (Å²) in [5.74, 6) is -0.545. The van der Waals surface area contributed by atoms with Crippen LogP contribution in [0.15, 0.2) is 29.6 Å². The van der Waals surface area contributed by atoms with Crippen LogP contribution in [0.1, 0.15) is 10.5 Å². The number of rotatable bonds is 2. The molecule has 0 aliphatic rings. The number of nitrogens with two attached hydrogens (primary N) is 1. The van der Waals surface area contributed by atoms with Gasteiger partial charge < -0.3 is 5.73 Å². The summed E-state index contributed by atoms with van der Waals surface area (Å²) in [4.78, 5) is 32.1. The normalized spacial score (nSPS) is 10.1. The number of nitrogens with zero attached hydrogens (tertiary/aromatic N) is 3. The molecule has 0 spiro atoms. The van der Waals surface area contributed by atoms with E-state index in [0.29, 0.717) is 0 Å². The van der Waals surface area contributed by atoms with Crippen LogP contribution in [0.25, 0.3) is 5.95 Å². The highest BCUT2D eigenvalue weighted by molar-refractivity contribution is 5.90. The third-order valence-electron chi connectivity index (χ3n) is 1.73. The first-order valence-corrected chi connectivity index (χ1v) is 4.06. The van der Waals surface area contributed by atoms with Crippen LogP contribution in [0.3, 0.4) is 0 Å². The van der Waals surface area contributed by atoms with Gasteiger partial charge in [0.05, 0.1) is 0 Å². The molecule has 0 unspecified atom stereocenters. The van der Waals surface area contributed by atoms with Crippen molar-refractivity contribution in [1.82, 2.24) is 19.5 Å². The molecule has 0 saturated carbocycles. The Morgan fingerprint density at radius 1 is 1.53 bits per heavy atom. The van der Waals surface area contributed by atoms with Crippen molar-refractivity contribution in [3.05, 3.63) is 40.8 Å². The Balaban J connectivity index is 2.59. The van der Waals surface area contributed by atoms with Gasteiger partial charge in [-0.15, -0.1) is 0 Å². The summed E-state index contributed by atoms with van der Waals surface area (Å²) >= 11 is 0. The van der Waals surface area contributed by atoms with Crippen molar-refractivity contribution in [3.8, 4) is 5.95 Å². The summed E-state index contributed by atoms with van der Waals surface area (Å²) in [6.07, 6.45) is 4.56. The number of aromatic amines is 1. The molecule has 0 bridgehead atoms. The minimum atomic E-state index is -0.748. The molecule has 7 nitrogen and oxygen atoms in total. The molecular formula is C8H7N5O2. The summed E-state index contributed by atoms with van der Waals surface area (Å²) in [6, 6.07) is 1.04. The quantitative estimate of drug-likeness (QED) is 0.659. The number of hydrogen-bond donors (Lipinski definition) is 2. The highest BCUT2D eigenvalue weighted by atomic mass is 16.1. The summed E-state index contributed by atoms with van der Waals surface area (Å²) < 4.78 is 1.47. The molecule has 0 atom stereocenters. The van der Waals surface area contributed by atoms with E-state index >= 15 is 0 Å². The lowest BCUT2D eigenvalue weighted by molar-refractivity contribution is 0.0995. The zero-order valence-corrected chi connectivity index (χ0v) is 7.54. The Labute approximate surface area is 83.6 Å². The fraction of sp³-hybridized carbons (Fsp3) is 0. The number of carbonyl (C=O) groups is 1. The summed E-state index contributed by atoms with van der Waals surface area (Å²) in [7, 11) is 0. The van der Waals surface area contributed by atoms with Crippen molar-refractivity contribution in [2.45, 2.75) is 0 Å². The molecule has 2 rings (SSSR count). The molecule has 3 N–H and O–H groups in total. The van der Waals surface area contributed by atoms with Gasteiger partial charge in [0.1, 0.15) is 12.0 Å². The monoisotopic (exact) mass is 205 g/mol. The molecule has 76 valence electrons. The molecule has 0 saturated heterocycles. The number of nitrogens with one attached hydrogen (secondary N) is 1. The highest BCUT2D eigenvalue weighted by Crippen LogP contribution is 1.97. The third-order valence-corrected chi connectivity index (χ3v) is 1.73. The van der Waals surface area contributed by atoms with E-state index in [-0.39, 0.29) is 11.6 Å².